The lowest BCUT2D eigenvalue weighted by Crippen LogP contribution is -2.00. The third kappa shape index (κ3) is 3.08. The van der Waals surface area contributed by atoms with Gasteiger partial charge in [-0.1, -0.05) is 17.7 Å². The van der Waals surface area contributed by atoms with Crippen LogP contribution in [0.5, 0.6) is 11.5 Å². The number of halogens is 2. The highest BCUT2D eigenvalue weighted by molar-refractivity contribution is 6.31. The number of carbonyl (C=O) groups is 1. The maximum absolute atomic E-state index is 13.6. The van der Waals surface area contributed by atoms with Crippen LogP contribution in [0.1, 0.15) is 15.9 Å². The summed E-state index contributed by atoms with van der Waals surface area (Å²) in [5.74, 6) is 0.442. The Balaban J connectivity index is 2.17. The first-order chi connectivity index (χ1) is 9.65. The number of hydrogen-bond donors (Lipinski definition) is 0. The van der Waals surface area contributed by atoms with Crippen LogP contribution in [-0.4, -0.2) is 13.4 Å². The first-order valence-electron chi connectivity index (χ1n) is 5.84. The van der Waals surface area contributed by atoms with Gasteiger partial charge in [-0.3, -0.25) is 4.79 Å². The van der Waals surface area contributed by atoms with Crippen molar-refractivity contribution in [1.82, 2.24) is 0 Å². The molecule has 0 amide bonds. The van der Waals surface area contributed by atoms with Crippen LogP contribution in [0.25, 0.3) is 0 Å². The number of benzene rings is 2. The average molecular weight is 295 g/mol. The smallest absolute Gasteiger partial charge is 0.153 e. The molecule has 0 aliphatic heterocycles. The number of carbonyl (C=O) groups excluding carboxylic acids is 1. The van der Waals surface area contributed by atoms with Gasteiger partial charge in [-0.15, -0.1) is 0 Å². The molecule has 0 bridgehead atoms. The zero-order valence-corrected chi connectivity index (χ0v) is 11.5. The number of hydrogen-bond acceptors (Lipinski definition) is 3. The monoisotopic (exact) mass is 294 g/mol. The molecule has 0 radical (unpaired) electrons. The van der Waals surface area contributed by atoms with Gasteiger partial charge in [-0.2, -0.15) is 0 Å². The number of ether oxygens (including phenoxy) is 2. The Hall–Kier alpha value is -2.07. The molecule has 0 fully saturated rings. The number of methoxy groups -OCH3 is 1. The minimum atomic E-state index is -0.422. The molecule has 5 heteroatoms. The summed E-state index contributed by atoms with van der Waals surface area (Å²) in [4.78, 5) is 10.8. The molecular weight excluding hydrogens is 283 g/mol. The van der Waals surface area contributed by atoms with Gasteiger partial charge in [0.05, 0.1) is 17.7 Å². The van der Waals surface area contributed by atoms with E-state index in [2.05, 4.69) is 0 Å². The third-order valence-electron chi connectivity index (χ3n) is 2.78. The van der Waals surface area contributed by atoms with Crippen molar-refractivity contribution < 1.29 is 18.7 Å². The van der Waals surface area contributed by atoms with Gasteiger partial charge in [0.1, 0.15) is 23.9 Å². The van der Waals surface area contributed by atoms with Gasteiger partial charge in [0.2, 0.25) is 0 Å². The molecule has 3 nitrogen and oxygen atoms in total. The standard InChI is InChI=1S/C15H12ClFO3/c1-19-15-7-11(6-5-10(15)8-18)20-9-12-13(16)3-2-4-14(12)17/h2-8H,9H2,1H3. The molecule has 104 valence electrons. The topological polar surface area (TPSA) is 35.5 Å². The summed E-state index contributed by atoms with van der Waals surface area (Å²) >= 11 is 5.91. The highest BCUT2D eigenvalue weighted by atomic mass is 35.5. The zero-order valence-electron chi connectivity index (χ0n) is 10.7. The zero-order chi connectivity index (χ0) is 14.5. The van der Waals surface area contributed by atoms with E-state index in [1.807, 2.05) is 0 Å². The third-order valence-corrected chi connectivity index (χ3v) is 3.13. The molecule has 2 aromatic rings. The van der Waals surface area contributed by atoms with Crippen LogP contribution in [-0.2, 0) is 6.61 Å². The van der Waals surface area contributed by atoms with Gasteiger partial charge in [0.25, 0.3) is 0 Å². The summed E-state index contributed by atoms with van der Waals surface area (Å²) in [5, 5.41) is 0.307. The predicted molar refractivity (Wildman–Crippen MR) is 74.1 cm³/mol. The van der Waals surface area contributed by atoms with E-state index in [0.29, 0.717) is 28.4 Å². The van der Waals surface area contributed by atoms with E-state index < -0.39 is 5.82 Å². The maximum Gasteiger partial charge on any atom is 0.153 e. The van der Waals surface area contributed by atoms with E-state index in [1.165, 1.54) is 19.2 Å². The van der Waals surface area contributed by atoms with Crippen molar-refractivity contribution in [1.29, 1.82) is 0 Å². The first-order valence-corrected chi connectivity index (χ1v) is 6.22. The van der Waals surface area contributed by atoms with E-state index >= 15 is 0 Å². The highest BCUT2D eigenvalue weighted by Gasteiger charge is 2.09. The molecule has 0 aliphatic rings. The summed E-state index contributed by atoms with van der Waals surface area (Å²) in [6.45, 7) is -0.00486. The van der Waals surface area contributed by atoms with Gasteiger partial charge in [0, 0.05) is 11.6 Å². The Morgan fingerprint density at radius 3 is 2.75 bits per heavy atom. The van der Waals surface area contributed by atoms with Crippen LogP contribution >= 0.6 is 11.6 Å². The van der Waals surface area contributed by atoms with Crippen molar-refractivity contribution in [3.63, 3.8) is 0 Å². The minimum Gasteiger partial charge on any atom is -0.496 e. The second-order valence-corrected chi connectivity index (χ2v) is 4.42. The van der Waals surface area contributed by atoms with Gasteiger partial charge in [-0.05, 0) is 24.3 Å². The normalized spacial score (nSPS) is 10.2. The van der Waals surface area contributed by atoms with Gasteiger partial charge < -0.3 is 9.47 Å². The van der Waals surface area contributed by atoms with E-state index in [0.717, 1.165) is 0 Å². The van der Waals surface area contributed by atoms with Crippen LogP contribution < -0.4 is 9.47 Å². The molecule has 2 rings (SSSR count). The fraction of sp³-hybridized carbons (Fsp3) is 0.133. The van der Waals surface area contributed by atoms with E-state index in [1.54, 1.807) is 24.3 Å². The second-order valence-electron chi connectivity index (χ2n) is 4.01. The number of aldehydes is 1. The van der Waals surface area contributed by atoms with Crippen molar-refractivity contribution >= 4 is 17.9 Å². The summed E-state index contributed by atoms with van der Waals surface area (Å²) in [6, 6.07) is 9.20. The van der Waals surface area contributed by atoms with Crippen molar-refractivity contribution in [3.8, 4) is 11.5 Å². The Morgan fingerprint density at radius 2 is 2.10 bits per heavy atom. The SMILES string of the molecule is COc1cc(OCc2c(F)cccc2Cl)ccc1C=O. The van der Waals surface area contributed by atoms with Crippen molar-refractivity contribution in [2.75, 3.05) is 7.11 Å². The summed E-state index contributed by atoms with van der Waals surface area (Å²) < 4.78 is 24.1. The molecule has 0 unspecified atom stereocenters. The molecular formula is C15H12ClFO3. The van der Waals surface area contributed by atoms with Crippen LogP contribution in [0.4, 0.5) is 4.39 Å². The molecule has 0 spiro atoms. The Morgan fingerprint density at radius 1 is 1.30 bits per heavy atom. The predicted octanol–water partition coefficient (Wildman–Crippen LogP) is 3.88. The van der Waals surface area contributed by atoms with Crippen molar-refractivity contribution in [3.05, 3.63) is 58.4 Å². The van der Waals surface area contributed by atoms with Crippen LogP contribution in [0.15, 0.2) is 36.4 Å². The van der Waals surface area contributed by atoms with E-state index in [-0.39, 0.29) is 12.2 Å². The Labute approximate surface area is 120 Å². The molecule has 0 aromatic heterocycles. The van der Waals surface area contributed by atoms with Crippen molar-refractivity contribution in [2.24, 2.45) is 0 Å². The summed E-state index contributed by atoms with van der Waals surface area (Å²) in [5.41, 5.74) is 0.705. The number of rotatable bonds is 5. The molecule has 0 aliphatic carbocycles. The molecule has 2 aromatic carbocycles. The summed E-state index contributed by atoms with van der Waals surface area (Å²) in [7, 11) is 1.46. The lowest BCUT2D eigenvalue weighted by atomic mass is 10.2. The van der Waals surface area contributed by atoms with Crippen LogP contribution in [0.3, 0.4) is 0 Å². The Bertz CT molecular complexity index is 608. The molecule has 0 saturated heterocycles. The van der Waals surface area contributed by atoms with E-state index in [4.69, 9.17) is 21.1 Å². The minimum absolute atomic E-state index is 0.00486. The molecule has 0 heterocycles. The molecule has 0 saturated carbocycles. The lowest BCUT2D eigenvalue weighted by molar-refractivity contribution is 0.112. The summed E-state index contributed by atoms with van der Waals surface area (Å²) in [6.07, 6.45) is 0.691. The lowest BCUT2D eigenvalue weighted by Gasteiger charge is -2.10. The average Bonchev–Trinajstić information content (AvgIpc) is 2.46. The fourth-order valence-electron chi connectivity index (χ4n) is 1.70. The largest absolute Gasteiger partial charge is 0.496 e. The quantitative estimate of drug-likeness (QED) is 0.785. The van der Waals surface area contributed by atoms with Crippen LogP contribution in [0.2, 0.25) is 5.02 Å². The van der Waals surface area contributed by atoms with Crippen LogP contribution in [0, 0.1) is 5.82 Å². The Kier molecular flexibility index (Phi) is 4.58. The maximum atomic E-state index is 13.6. The molecule has 0 N–H and O–H groups in total. The first kappa shape index (κ1) is 14.3. The van der Waals surface area contributed by atoms with Crippen molar-refractivity contribution in [2.45, 2.75) is 6.61 Å². The fourth-order valence-corrected chi connectivity index (χ4v) is 1.92. The molecule has 20 heavy (non-hydrogen) atoms. The van der Waals surface area contributed by atoms with Gasteiger partial charge in [0.15, 0.2) is 6.29 Å². The van der Waals surface area contributed by atoms with Gasteiger partial charge in [-0.25, -0.2) is 4.39 Å². The van der Waals surface area contributed by atoms with Gasteiger partial charge >= 0.3 is 0 Å². The second kappa shape index (κ2) is 6.39. The molecule has 0 atom stereocenters. The van der Waals surface area contributed by atoms with E-state index in [9.17, 15) is 9.18 Å². The highest BCUT2D eigenvalue weighted by Crippen LogP contribution is 2.26.